The Morgan fingerprint density at radius 1 is 1.36 bits per heavy atom. The number of nitrogen functional groups attached to an aromatic ring is 1. The maximum Gasteiger partial charge on any atom is 0.150 e. The predicted octanol–water partition coefficient (Wildman–Crippen LogP) is 3.02. The molecule has 0 amide bonds. The van der Waals surface area contributed by atoms with E-state index in [1.165, 1.54) is 5.56 Å². The van der Waals surface area contributed by atoms with Crippen LogP contribution >= 0.6 is 23.1 Å². The number of nitrogens with two attached hydrogens (primary N) is 1. The number of aromatic nitrogens is 1. The molecule has 0 spiro atoms. The van der Waals surface area contributed by atoms with Gasteiger partial charge in [-0.1, -0.05) is 30.0 Å². The van der Waals surface area contributed by atoms with Crippen molar-refractivity contribution < 1.29 is 0 Å². The molecule has 1 aromatic carbocycles. The molecule has 0 atom stereocenters. The van der Waals surface area contributed by atoms with Crippen LogP contribution in [0.1, 0.15) is 5.56 Å². The lowest BCUT2D eigenvalue weighted by molar-refractivity contribution is 1.24. The van der Waals surface area contributed by atoms with E-state index in [1.807, 2.05) is 29.8 Å². The number of thiazole rings is 1. The normalized spacial score (nSPS) is 10.3. The number of hydrogen-bond donors (Lipinski definition) is 1. The highest BCUT2D eigenvalue weighted by molar-refractivity contribution is 8.00. The highest BCUT2D eigenvalue weighted by atomic mass is 32.2. The molecule has 1 heterocycles. The van der Waals surface area contributed by atoms with Crippen molar-refractivity contribution in [3.05, 3.63) is 41.4 Å². The van der Waals surface area contributed by atoms with Crippen LogP contribution in [0.15, 0.2) is 40.2 Å². The summed E-state index contributed by atoms with van der Waals surface area (Å²) in [6.07, 6.45) is 1.82. The van der Waals surface area contributed by atoms with Crippen molar-refractivity contribution in [3.63, 3.8) is 0 Å². The SMILES string of the molecule is Nc1ccccc1CSc1nccs1. The van der Waals surface area contributed by atoms with E-state index in [0.29, 0.717) is 0 Å². The first kappa shape index (κ1) is 9.55. The third-order valence-corrected chi connectivity index (χ3v) is 3.83. The molecular weight excluding hydrogens is 212 g/mol. The smallest absolute Gasteiger partial charge is 0.150 e. The second kappa shape index (κ2) is 4.48. The fourth-order valence-corrected chi connectivity index (χ4v) is 2.74. The van der Waals surface area contributed by atoms with E-state index < -0.39 is 0 Å². The molecule has 72 valence electrons. The second-order valence-electron chi connectivity index (χ2n) is 2.79. The lowest BCUT2D eigenvalue weighted by atomic mass is 10.2. The van der Waals surface area contributed by atoms with Crippen molar-refractivity contribution in [2.75, 3.05) is 5.73 Å². The highest BCUT2D eigenvalue weighted by Gasteiger charge is 2.00. The minimum absolute atomic E-state index is 0.858. The zero-order valence-corrected chi connectivity index (χ0v) is 9.15. The number of thioether (sulfide) groups is 1. The van der Waals surface area contributed by atoms with Gasteiger partial charge in [0.2, 0.25) is 0 Å². The average Bonchev–Trinajstić information content (AvgIpc) is 2.69. The summed E-state index contributed by atoms with van der Waals surface area (Å²) in [5.41, 5.74) is 7.86. The van der Waals surface area contributed by atoms with Gasteiger partial charge in [-0.3, -0.25) is 0 Å². The van der Waals surface area contributed by atoms with Crippen molar-refractivity contribution in [1.29, 1.82) is 0 Å². The van der Waals surface area contributed by atoms with Gasteiger partial charge in [-0.05, 0) is 11.6 Å². The van der Waals surface area contributed by atoms with Crippen molar-refractivity contribution >= 4 is 28.8 Å². The van der Waals surface area contributed by atoms with Gasteiger partial charge in [-0.25, -0.2) is 4.98 Å². The first-order chi connectivity index (χ1) is 6.86. The van der Waals surface area contributed by atoms with Crippen LogP contribution in [0.2, 0.25) is 0 Å². The Bertz CT molecular complexity index is 398. The summed E-state index contributed by atoms with van der Waals surface area (Å²) in [5, 5.41) is 1.98. The Kier molecular flexibility index (Phi) is 3.06. The Balaban J connectivity index is 2.02. The summed E-state index contributed by atoms with van der Waals surface area (Å²) in [6.45, 7) is 0. The Hall–Kier alpha value is -1.00. The molecule has 0 saturated heterocycles. The molecule has 0 radical (unpaired) electrons. The largest absolute Gasteiger partial charge is 0.398 e. The number of anilines is 1. The van der Waals surface area contributed by atoms with Gasteiger partial charge in [0.05, 0.1) is 0 Å². The standard InChI is InChI=1S/C10H10N2S2/c11-9-4-2-1-3-8(9)7-14-10-12-5-6-13-10/h1-6H,7,11H2. The number of hydrogen-bond acceptors (Lipinski definition) is 4. The number of rotatable bonds is 3. The second-order valence-corrected chi connectivity index (χ2v) is 4.90. The van der Waals surface area contributed by atoms with Crippen LogP contribution in [0.5, 0.6) is 0 Å². The van der Waals surface area contributed by atoms with Crippen LogP contribution in [0.3, 0.4) is 0 Å². The third-order valence-electron chi connectivity index (χ3n) is 1.82. The Morgan fingerprint density at radius 2 is 2.21 bits per heavy atom. The molecule has 2 nitrogen and oxygen atoms in total. The number of benzene rings is 1. The van der Waals surface area contributed by atoms with Gasteiger partial charge in [0.15, 0.2) is 0 Å². The van der Waals surface area contributed by atoms with E-state index >= 15 is 0 Å². The summed E-state index contributed by atoms with van der Waals surface area (Å²) >= 11 is 3.38. The van der Waals surface area contributed by atoms with Crippen molar-refractivity contribution in [2.24, 2.45) is 0 Å². The molecule has 0 aliphatic carbocycles. The fourth-order valence-electron chi connectivity index (χ4n) is 1.09. The van der Waals surface area contributed by atoms with Crippen LogP contribution in [0.25, 0.3) is 0 Å². The Morgan fingerprint density at radius 3 is 2.93 bits per heavy atom. The van der Waals surface area contributed by atoms with Gasteiger partial charge in [0.25, 0.3) is 0 Å². The van der Waals surface area contributed by atoms with Gasteiger partial charge < -0.3 is 5.73 Å². The average molecular weight is 222 g/mol. The van der Waals surface area contributed by atoms with Crippen molar-refractivity contribution in [1.82, 2.24) is 4.98 Å². The summed E-state index contributed by atoms with van der Waals surface area (Å²) in [4.78, 5) is 4.20. The van der Waals surface area contributed by atoms with Crippen LogP contribution in [-0.2, 0) is 5.75 Å². The fraction of sp³-hybridized carbons (Fsp3) is 0.100. The zero-order chi connectivity index (χ0) is 9.80. The van der Waals surface area contributed by atoms with Gasteiger partial charge in [0, 0.05) is 23.0 Å². The molecule has 0 saturated carbocycles. The molecular formula is C10H10N2S2. The summed E-state index contributed by atoms with van der Waals surface area (Å²) in [6, 6.07) is 7.94. The molecule has 0 fully saturated rings. The molecule has 1 aromatic heterocycles. The van der Waals surface area contributed by atoms with E-state index in [4.69, 9.17) is 5.73 Å². The topological polar surface area (TPSA) is 38.9 Å². The predicted molar refractivity (Wildman–Crippen MR) is 62.5 cm³/mol. The molecule has 0 unspecified atom stereocenters. The van der Waals surface area contributed by atoms with Crippen molar-refractivity contribution in [3.8, 4) is 0 Å². The van der Waals surface area contributed by atoms with Crippen LogP contribution in [0, 0.1) is 0 Å². The van der Waals surface area contributed by atoms with Gasteiger partial charge in [-0.2, -0.15) is 0 Å². The maximum atomic E-state index is 5.83. The zero-order valence-electron chi connectivity index (χ0n) is 7.51. The van der Waals surface area contributed by atoms with Crippen LogP contribution in [-0.4, -0.2) is 4.98 Å². The summed E-state index contributed by atoms with van der Waals surface area (Å²) in [7, 11) is 0. The summed E-state index contributed by atoms with van der Waals surface area (Å²) in [5.74, 6) is 0.889. The van der Waals surface area contributed by atoms with Gasteiger partial charge in [0.1, 0.15) is 4.34 Å². The van der Waals surface area contributed by atoms with E-state index in [0.717, 1.165) is 15.8 Å². The molecule has 2 rings (SSSR count). The highest BCUT2D eigenvalue weighted by Crippen LogP contribution is 2.26. The monoisotopic (exact) mass is 222 g/mol. The van der Waals surface area contributed by atoms with E-state index in [1.54, 1.807) is 23.1 Å². The Labute approximate surface area is 91.2 Å². The molecule has 4 heteroatoms. The van der Waals surface area contributed by atoms with E-state index in [2.05, 4.69) is 11.1 Å². The van der Waals surface area contributed by atoms with E-state index in [9.17, 15) is 0 Å². The first-order valence-corrected chi connectivity index (χ1v) is 6.08. The molecule has 2 N–H and O–H groups in total. The van der Waals surface area contributed by atoms with E-state index in [-0.39, 0.29) is 0 Å². The number of nitrogens with zero attached hydrogens (tertiary/aromatic N) is 1. The molecule has 0 bridgehead atoms. The van der Waals surface area contributed by atoms with Gasteiger partial charge >= 0.3 is 0 Å². The molecule has 14 heavy (non-hydrogen) atoms. The van der Waals surface area contributed by atoms with Crippen molar-refractivity contribution in [2.45, 2.75) is 10.1 Å². The molecule has 0 aliphatic rings. The van der Waals surface area contributed by atoms with Crippen LogP contribution < -0.4 is 5.73 Å². The third kappa shape index (κ3) is 2.27. The summed E-state index contributed by atoms with van der Waals surface area (Å²) < 4.78 is 1.09. The first-order valence-electron chi connectivity index (χ1n) is 4.22. The minimum Gasteiger partial charge on any atom is -0.398 e. The molecule has 0 aliphatic heterocycles. The minimum atomic E-state index is 0.858. The van der Waals surface area contributed by atoms with Gasteiger partial charge in [-0.15, -0.1) is 11.3 Å². The molecule has 2 aromatic rings. The quantitative estimate of drug-likeness (QED) is 0.641. The lowest BCUT2D eigenvalue weighted by Crippen LogP contribution is -1.91. The lowest BCUT2D eigenvalue weighted by Gasteiger charge is -2.02. The van der Waals surface area contributed by atoms with Crippen LogP contribution in [0.4, 0.5) is 5.69 Å². The number of para-hydroxylation sites is 1. The maximum absolute atomic E-state index is 5.83.